The summed E-state index contributed by atoms with van der Waals surface area (Å²) >= 11 is 1.50. The van der Waals surface area contributed by atoms with Crippen LogP contribution in [-0.4, -0.2) is 24.6 Å². The average molecular weight is 341 g/mol. The van der Waals surface area contributed by atoms with E-state index in [1.807, 2.05) is 13.8 Å². The molecule has 0 aliphatic heterocycles. The molecule has 0 fully saturated rings. The Morgan fingerprint density at radius 1 is 1.36 bits per heavy atom. The average Bonchev–Trinajstić information content (AvgIpc) is 2.74. The molecule has 118 valence electrons. The molecule has 7 nitrogen and oxygen atoms in total. The molecule has 22 heavy (non-hydrogen) atoms. The number of nitro groups is 1. The highest BCUT2D eigenvalue weighted by atomic mass is 32.2. The summed E-state index contributed by atoms with van der Waals surface area (Å²) in [5.41, 5.74) is 0.648. The molecule has 0 unspecified atom stereocenters. The van der Waals surface area contributed by atoms with Crippen LogP contribution in [0.2, 0.25) is 0 Å². The van der Waals surface area contributed by atoms with Crippen molar-refractivity contribution in [2.75, 3.05) is 11.6 Å². The lowest BCUT2D eigenvalue weighted by Gasteiger charge is -2.08. The van der Waals surface area contributed by atoms with Gasteiger partial charge in [0.15, 0.2) is 9.84 Å². The minimum atomic E-state index is -3.68. The Hall–Kier alpha value is -2.00. The Morgan fingerprint density at radius 2 is 2.05 bits per heavy atom. The van der Waals surface area contributed by atoms with Crippen molar-refractivity contribution in [3.8, 4) is 0 Å². The third-order valence-electron chi connectivity index (χ3n) is 3.08. The number of aromatic nitrogens is 1. The van der Waals surface area contributed by atoms with Crippen LogP contribution in [0.1, 0.15) is 15.6 Å². The fraction of sp³-hybridized carbons (Fsp3) is 0.308. The van der Waals surface area contributed by atoms with Crippen LogP contribution in [0.15, 0.2) is 23.1 Å². The number of hydrogen-bond acceptors (Lipinski definition) is 7. The second-order valence-corrected chi connectivity index (χ2v) is 8.06. The lowest BCUT2D eigenvalue weighted by molar-refractivity contribution is -0.386. The molecule has 2 rings (SSSR count). The molecule has 0 bridgehead atoms. The molecule has 9 heteroatoms. The van der Waals surface area contributed by atoms with Crippen molar-refractivity contribution >= 4 is 32.5 Å². The van der Waals surface area contributed by atoms with E-state index in [-0.39, 0.29) is 10.6 Å². The van der Waals surface area contributed by atoms with Crippen LogP contribution in [0.5, 0.6) is 0 Å². The number of benzene rings is 1. The number of nitrogens with one attached hydrogen (secondary N) is 1. The molecule has 0 aliphatic carbocycles. The van der Waals surface area contributed by atoms with Gasteiger partial charge in [-0.25, -0.2) is 13.4 Å². The van der Waals surface area contributed by atoms with Gasteiger partial charge in [-0.1, -0.05) is 6.07 Å². The lowest BCUT2D eigenvalue weighted by atomic mass is 10.2. The normalized spacial score (nSPS) is 11.4. The van der Waals surface area contributed by atoms with Crippen molar-refractivity contribution in [3.05, 3.63) is 43.9 Å². The van der Waals surface area contributed by atoms with Crippen molar-refractivity contribution in [3.63, 3.8) is 0 Å². The van der Waals surface area contributed by atoms with Gasteiger partial charge in [0.25, 0.3) is 0 Å². The van der Waals surface area contributed by atoms with Gasteiger partial charge in [0.2, 0.25) is 0 Å². The predicted octanol–water partition coefficient (Wildman–Crippen LogP) is 2.68. The molecule has 0 saturated carbocycles. The van der Waals surface area contributed by atoms with Gasteiger partial charge in [0.1, 0.15) is 15.6 Å². The van der Waals surface area contributed by atoms with Crippen LogP contribution >= 0.6 is 11.3 Å². The maximum Gasteiger partial charge on any atom is 0.310 e. The van der Waals surface area contributed by atoms with Crippen molar-refractivity contribution in [1.29, 1.82) is 0 Å². The van der Waals surface area contributed by atoms with Gasteiger partial charge in [-0.2, -0.15) is 0 Å². The Balaban J connectivity index is 2.37. The molecule has 1 aromatic heterocycles. The number of anilines is 1. The van der Waals surface area contributed by atoms with Gasteiger partial charge >= 0.3 is 5.69 Å². The van der Waals surface area contributed by atoms with Gasteiger partial charge < -0.3 is 5.32 Å². The van der Waals surface area contributed by atoms with Gasteiger partial charge in [-0.15, -0.1) is 11.3 Å². The molecular formula is C13H15N3O4S2. The third kappa shape index (κ3) is 3.42. The molecule has 0 saturated heterocycles. The van der Waals surface area contributed by atoms with Crippen molar-refractivity contribution in [2.24, 2.45) is 0 Å². The predicted molar refractivity (Wildman–Crippen MR) is 85.1 cm³/mol. The first-order chi connectivity index (χ1) is 10.2. The van der Waals surface area contributed by atoms with Crippen molar-refractivity contribution in [2.45, 2.75) is 25.3 Å². The number of nitrogens with zero attached hydrogens (tertiary/aromatic N) is 2. The van der Waals surface area contributed by atoms with Gasteiger partial charge in [-0.05, 0) is 26.0 Å². The number of nitro benzene ring substituents is 1. The Morgan fingerprint density at radius 3 is 2.55 bits per heavy atom. The number of thiazole rings is 1. The largest absolute Gasteiger partial charge is 0.373 e. The first-order valence-corrected chi connectivity index (χ1v) is 9.05. The van der Waals surface area contributed by atoms with E-state index in [0.29, 0.717) is 6.54 Å². The topological polar surface area (TPSA) is 102 Å². The minimum Gasteiger partial charge on any atom is -0.373 e. The van der Waals surface area contributed by atoms with Gasteiger partial charge in [0.05, 0.1) is 17.2 Å². The SMILES string of the molecule is Cc1nc(CNc2cccc(S(C)(=O)=O)c2[N+](=O)[O-])sc1C. The zero-order valence-electron chi connectivity index (χ0n) is 12.3. The van der Waals surface area contributed by atoms with Crippen LogP contribution in [0.25, 0.3) is 0 Å². The molecule has 0 spiro atoms. The summed E-state index contributed by atoms with van der Waals surface area (Å²) in [7, 11) is -3.68. The number of para-hydroxylation sites is 1. The second kappa shape index (κ2) is 6.01. The molecule has 0 atom stereocenters. The first kappa shape index (κ1) is 16.4. The third-order valence-corrected chi connectivity index (χ3v) is 5.29. The molecule has 1 aromatic carbocycles. The summed E-state index contributed by atoms with van der Waals surface area (Å²) in [5.74, 6) is 0. The number of sulfone groups is 1. The minimum absolute atomic E-state index is 0.165. The molecule has 1 N–H and O–H groups in total. The highest BCUT2D eigenvalue weighted by Gasteiger charge is 2.26. The molecule has 0 radical (unpaired) electrons. The Kier molecular flexibility index (Phi) is 4.47. The summed E-state index contributed by atoms with van der Waals surface area (Å²) in [5, 5.41) is 14.9. The van der Waals surface area contributed by atoms with Crippen molar-refractivity contribution in [1.82, 2.24) is 4.98 Å². The van der Waals surface area contributed by atoms with E-state index in [4.69, 9.17) is 0 Å². The quantitative estimate of drug-likeness (QED) is 0.662. The smallest absolute Gasteiger partial charge is 0.310 e. The molecule has 0 aliphatic rings. The van der Waals surface area contributed by atoms with E-state index < -0.39 is 20.4 Å². The zero-order valence-corrected chi connectivity index (χ0v) is 13.9. The molecular weight excluding hydrogens is 326 g/mol. The highest BCUT2D eigenvalue weighted by molar-refractivity contribution is 7.90. The first-order valence-electron chi connectivity index (χ1n) is 6.34. The summed E-state index contributed by atoms with van der Waals surface area (Å²) < 4.78 is 23.4. The van der Waals surface area contributed by atoms with Crippen LogP contribution in [0, 0.1) is 24.0 Å². The lowest BCUT2D eigenvalue weighted by Crippen LogP contribution is -2.07. The standard InChI is InChI=1S/C13H15N3O4S2/c1-8-9(2)21-12(15-8)7-14-10-5-4-6-11(22(3,19)20)13(10)16(17)18/h4-6,14H,7H2,1-3H3. The monoisotopic (exact) mass is 341 g/mol. The van der Waals surface area contributed by atoms with Crippen LogP contribution in [0.4, 0.5) is 11.4 Å². The van der Waals surface area contributed by atoms with Crippen LogP contribution < -0.4 is 5.32 Å². The number of rotatable bonds is 5. The summed E-state index contributed by atoms with van der Waals surface area (Å²) in [6, 6.07) is 4.19. The number of hydrogen-bond donors (Lipinski definition) is 1. The van der Waals surface area contributed by atoms with Crippen molar-refractivity contribution < 1.29 is 13.3 Å². The van der Waals surface area contributed by atoms with Gasteiger partial charge in [0, 0.05) is 11.1 Å². The second-order valence-electron chi connectivity index (χ2n) is 4.78. The Bertz CT molecular complexity index is 808. The van der Waals surface area contributed by atoms with E-state index in [2.05, 4.69) is 10.3 Å². The molecule has 1 heterocycles. The summed E-state index contributed by atoms with van der Waals surface area (Å²) in [6.07, 6.45) is 0.951. The van der Waals surface area contributed by atoms with E-state index in [1.54, 1.807) is 0 Å². The van der Waals surface area contributed by atoms with Gasteiger partial charge in [-0.3, -0.25) is 10.1 Å². The summed E-state index contributed by atoms with van der Waals surface area (Å²) in [4.78, 5) is 15.7. The van der Waals surface area contributed by atoms with E-state index in [1.165, 1.54) is 29.5 Å². The summed E-state index contributed by atoms with van der Waals surface area (Å²) in [6.45, 7) is 4.14. The Labute approximate surface area is 132 Å². The molecule has 2 aromatic rings. The zero-order chi connectivity index (χ0) is 16.5. The highest BCUT2D eigenvalue weighted by Crippen LogP contribution is 2.32. The number of aryl methyl sites for hydroxylation is 2. The fourth-order valence-corrected chi connectivity index (χ4v) is 3.67. The van der Waals surface area contributed by atoms with Crippen LogP contribution in [0.3, 0.4) is 0 Å². The van der Waals surface area contributed by atoms with E-state index in [0.717, 1.165) is 21.8 Å². The maximum absolute atomic E-state index is 11.7. The maximum atomic E-state index is 11.7. The van der Waals surface area contributed by atoms with E-state index in [9.17, 15) is 18.5 Å². The fourth-order valence-electron chi connectivity index (χ4n) is 1.94. The molecule has 0 amide bonds. The van der Waals surface area contributed by atoms with Crippen LogP contribution in [-0.2, 0) is 16.4 Å². The van der Waals surface area contributed by atoms with E-state index >= 15 is 0 Å².